The highest BCUT2D eigenvalue weighted by molar-refractivity contribution is 5.82. The van der Waals surface area contributed by atoms with Crippen LogP contribution in [0.25, 0.3) is 5.69 Å². The van der Waals surface area contributed by atoms with E-state index in [1.165, 1.54) is 6.33 Å². The Balaban J connectivity index is 2.03. The van der Waals surface area contributed by atoms with Crippen molar-refractivity contribution in [2.75, 3.05) is 0 Å². The molecule has 0 saturated carbocycles. The Morgan fingerprint density at radius 1 is 1.24 bits per heavy atom. The van der Waals surface area contributed by atoms with Crippen molar-refractivity contribution in [3.05, 3.63) is 42.5 Å². The third kappa shape index (κ3) is 3.66. The van der Waals surface area contributed by atoms with Gasteiger partial charge in [0.25, 0.3) is 0 Å². The van der Waals surface area contributed by atoms with Gasteiger partial charge in [-0.1, -0.05) is 26.0 Å². The molecule has 112 valence electrons. The van der Waals surface area contributed by atoms with Crippen LogP contribution in [0.3, 0.4) is 0 Å². The Labute approximate surface area is 124 Å². The van der Waals surface area contributed by atoms with E-state index in [1.807, 2.05) is 45.0 Å². The molecule has 1 amide bonds. The molecule has 6 nitrogen and oxygen atoms in total. The van der Waals surface area contributed by atoms with Crippen LogP contribution in [-0.2, 0) is 4.79 Å². The van der Waals surface area contributed by atoms with Gasteiger partial charge in [0, 0.05) is 0 Å². The van der Waals surface area contributed by atoms with Crippen molar-refractivity contribution in [3.8, 4) is 5.69 Å². The number of benzene rings is 1. The van der Waals surface area contributed by atoms with Gasteiger partial charge in [-0.25, -0.2) is 9.67 Å². The highest BCUT2D eigenvalue weighted by Crippen LogP contribution is 2.15. The molecule has 0 fully saturated rings. The minimum atomic E-state index is -0.484. The first-order valence-electron chi connectivity index (χ1n) is 7.00. The van der Waals surface area contributed by atoms with E-state index in [1.54, 1.807) is 11.0 Å². The minimum absolute atomic E-state index is 0.0907. The van der Waals surface area contributed by atoms with Gasteiger partial charge in [0.05, 0.1) is 17.8 Å². The molecule has 3 N–H and O–H groups in total. The van der Waals surface area contributed by atoms with Crippen molar-refractivity contribution in [3.63, 3.8) is 0 Å². The molecule has 0 spiro atoms. The maximum atomic E-state index is 12.0. The van der Waals surface area contributed by atoms with Crippen LogP contribution in [0.1, 0.15) is 32.4 Å². The molecular formula is C15H21N5O. The van der Waals surface area contributed by atoms with Crippen LogP contribution in [0.4, 0.5) is 0 Å². The van der Waals surface area contributed by atoms with Crippen LogP contribution in [0, 0.1) is 5.92 Å². The third-order valence-electron chi connectivity index (χ3n) is 3.46. The molecule has 0 aliphatic carbocycles. The monoisotopic (exact) mass is 287 g/mol. The second kappa shape index (κ2) is 6.49. The number of carbonyl (C=O) groups excluding carboxylic acids is 1. The van der Waals surface area contributed by atoms with Gasteiger partial charge in [-0.3, -0.25) is 4.79 Å². The van der Waals surface area contributed by atoms with Crippen molar-refractivity contribution in [1.82, 2.24) is 20.1 Å². The Kier molecular flexibility index (Phi) is 4.70. The summed E-state index contributed by atoms with van der Waals surface area (Å²) in [5, 5.41) is 7.00. The predicted molar refractivity (Wildman–Crippen MR) is 80.7 cm³/mol. The average molecular weight is 287 g/mol. The summed E-state index contributed by atoms with van der Waals surface area (Å²) in [6, 6.07) is 7.23. The van der Waals surface area contributed by atoms with Crippen LogP contribution in [0.2, 0.25) is 0 Å². The number of nitrogens with one attached hydrogen (secondary N) is 1. The molecule has 1 aromatic heterocycles. The minimum Gasteiger partial charge on any atom is -0.348 e. The Bertz CT molecular complexity index is 577. The zero-order valence-electron chi connectivity index (χ0n) is 12.5. The van der Waals surface area contributed by atoms with E-state index in [-0.39, 0.29) is 17.9 Å². The molecule has 0 saturated heterocycles. The van der Waals surface area contributed by atoms with E-state index in [0.29, 0.717) is 0 Å². The number of carbonyl (C=O) groups is 1. The standard InChI is InChI=1S/C15H21N5O/c1-10(2)14(16)15(21)19-11(3)12-4-6-13(7-5-12)20-9-17-8-18-20/h4-11,14H,16H2,1-3H3,(H,19,21)/t11?,14-/m0/s1. The molecule has 21 heavy (non-hydrogen) atoms. The number of hydrogen-bond acceptors (Lipinski definition) is 4. The van der Waals surface area contributed by atoms with Crippen molar-refractivity contribution in [2.24, 2.45) is 11.7 Å². The first-order valence-corrected chi connectivity index (χ1v) is 7.00. The molecule has 0 bridgehead atoms. The topological polar surface area (TPSA) is 85.8 Å². The van der Waals surface area contributed by atoms with E-state index >= 15 is 0 Å². The lowest BCUT2D eigenvalue weighted by Gasteiger charge is -2.20. The fourth-order valence-electron chi connectivity index (χ4n) is 1.95. The van der Waals surface area contributed by atoms with Crippen LogP contribution in [-0.4, -0.2) is 26.7 Å². The van der Waals surface area contributed by atoms with E-state index in [4.69, 9.17) is 5.73 Å². The SMILES string of the molecule is CC(NC(=O)[C@@H](N)C(C)C)c1ccc(-n2cncn2)cc1. The summed E-state index contributed by atoms with van der Waals surface area (Å²) in [4.78, 5) is 15.9. The summed E-state index contributed by atoms with van der Waals surface area (Å²) >= 11 is 0. The molecule has 2 aromatic rings. The van der Waals surface area contributed by atoms with Crippen LogP contribution < -0.4 is 11.1 Å². The molecule has 1 heterocycles. The van der Waals surface area contributed by atoms with Crippen molar-refractivity contribution < 1.29 is 4.79 Å². The smallest absolute Gasteiger partial charge is 0.237 e. The molecule has 1 aromatic carbocycles. The van der Waals surface area contributed by atoms with E-state index in [9.17, 15) is 4.79 Å². The molecule has 0 radical (unpaired) electrons. The maximum Gasteiger partial charge on any atom is 0.237 e. The zero-order chi connectivity index (χ0) is 15.4. The van der Waals surface area contributed by atoms with Gasteiger partial charge in [0.15, 0.2) is 0 Å². The molecule has 6 heteroatoms. The fraction of sp³-hybridized carbons (Fsp3) is 0.400. The molecular weight excluding hydrogens is 266 g/mol. The lowest BCUT2D eigenvalue weighted by molar-refractivity contribution is -0.123. The molecule has 1 unspecified atom stereocenters. The highest BCUT2D eigenvalue weighted by Gasteiger charge is 2.19. The number of amides is 1. The van der Waals surface area contributed by atoms with Crippen LogP contribution in [0.5, 0.6) is 0 Å². The molecule has 0 aliphatic heterocycles. The first kappa shape index (κ1) is 15.2. The zero-order valence-corrected chi connectivity index (χ0v) is 12.5. The van der Waals surface area contributed by atoms with E-state index in [2.05, 4.69) is 15.4 Å². The second-order valence-electron chi connectivity index (χ2n) is 5.43. The lowest BCUT2D eigenvalue weighted by atomic mass is 10.0. The maximum absolute atomic E-state index is 12.0. The van der Waals surface area contributed by atoms with E-state index < -0.39 is 6.04 Å². The fourth-order valence-corrected chi connectivity index (χ4v) is 1.95. The summed E-state index contributed by atoms with van der Waals surface area (Å²) in [6.45, 7) is 5.80. The van der Waals surface area contributed by atoms with Gasteiger partial charge in [-0.2, -0.15) is 5.10 Å². The molecule has 2 rings (SSSR count). The van der Waals surface area contributed by atoms with Gasteiger partial charge < -0.3 is 11.1 Å². The second-order valence-corrected chi connectivity index (χ2v) is 5.43. The quantitative estimate of drug-likeness (QED) is 0.871. The third-order valence-corrected chi connectivity index (χ3v) is 3.46. The summed E-state index contributed by atoms with van der Waals surface area (Å²) in [7, 11) is 0. The number of nitrogens with two attached hydrogens (primary N) is 1. The Morgan fingerprint density at radius 2 is 1.90 bits per heavy atom. The predicted octanol–water partition coefficient (Wildman–Crippen LogP) is 1.43. The largest absolute Gasteiger partial charge is 0.348 e. The number of hydrogen-bond donors (Lipinski definition) is 2. The molecule has 0 aliphatic rings. The lowest BCUT2D eigenvalue weighted by Crippen LogP contribution is -2.44. The Morgan fingerprint density at radius 3 is 2.43 bits per heavy atom. The summed E-state index contributed by atoms with van der Waals surface area (Å²) in [5.41, 5.74) is 7.79. The van der Waals surface area contributed by atoms with Crippen LogP contribution >= 0.6 is 0 Å². The van der Waals surface area contributed by atoms with Gasteiger partial charge in [-0.05, 0) is 30.5 Å². The number of nitrogens with zero attached hydrogens (tertiary/aromatic N) is 3. The summed E-state index contributed by atoms with van der Waals surface area (Å²) in [6.07, 6.45) is 3.13. The normalized spacial score (nSPS) is 14.0. The van der Waals surface area contributed by atoms with E-state index in [0.717, 1.165) is 11.3 Å². The number of rotatable bonds is 5. The Hall–Kier alpha value is -2.21. The summed E-state index contributed by atoms with van der Waals surface area (Å²) < 4.78 is 1.68. The summed E-state index contributed by atoms with van der Waals surface area (Å²) in [5.74, 6) is -0.00950. The van der Waals surface area contributed by atoms with Crippen molar-refractivity contribution >= 4 is 5.91 Å². The van der Waals surface area contributed by atoms with Crippen molar-refractivity contribution in [2.45, 2.75) is 32.9 Å². The van der Waals surface area contributed by atoms with Gasteiger partial charge in [0.2, 0.25) is 5.91 Å². The van der Waals surface area contributed by atoms with Crippen molar-refractivity contribution in [1.29, 1.82) is 0 Å². The first-order chi connectivity index (χ1) is 9.99. The van der Waals surface area contributed by atoms with Gasteiger partial charge in [-0.15, -0.1) is 0 Å². The van der Waals surface area contributed by atoms with Gasteiger partial charge >= 0.3 is 0 Å². The highest BCUT2D eigenvalue weighted by atomic mass is 16.2. The molecule has 2 atom stereocenters. The average Bonchev–Trinajstić information content (AvgIpc) is 3.00. The van der Waals surface area contributed by atoms with Crippen LogP contribution in [0.15, 0.2) is 36.9 Å². The number of aromatic nitrogens is 3. The van der Waals surface area contributed by atoms with Gasteiger partial charge in [0.1, 0.15) is 12.7 Å².